The Hall–Kier alpha value is -2.15. The number of carbonyl (C=O) groups is 3. The summed E-state index contributed by atoms with van der Waals surface area (Å²) in [6.45, 7) is 2.02. The molecule has 0 radical (unpaired) electrons. The van der Waals surface area contributed by atoms with E-state index in [4.69, 9.17) is 4.74 Å². The number of allylic oxidation sites excluding steroid dienone is 2. The molecule has 0 saturated carbocycles. The summed E-state index contributed by atoms with van der Waals surface area (Å²) in [5.74, 6) is -3.73. The van der Waals surface area contributed by atoms with E-state index in [0.717, 1.165) is 17.7 Å². The minimum Gasteiger partial charge on any atom is -0.550 e. The van der Waals surface area contributed by atoms with Gasteiger partial charge in [-0.05, 0) is 25.3 Å². The van der Waals surface area contributed by atoms with E-state index in [1.54, 1.807) is 18.2 Å². The number of carbonyl (C=O) groups excluding carboxylic acids is 3. The van der Waals surface area contributed by atoms with Gasteiger partial charge in [0.05, 0.1) is 18.6 Å². The van der Waals surface area contributed by atoms with Gasteiger partial charge < -0.3 is 20.0 Å². The van der Waals surface area contributed by atoms with E-state index >= 15 is 0 Å². The number of rotatable bonds is 6. The van der Waals surface area contributed by atoms with Crippen molar-refractivity contribution in [1.29, 1.82) is 0 Å². The molecule has 1 aliphatic carbocycles. The fourth-order valence-corrected chi connectivity index (χ4v) is 3.88. The number of amides is 1. The highest BCUT2D eigenvalue weighted by atomic mass is 32.1. The third-order valence-electron chi connectivity index (χ3n) is 3.99. The highest BCUT2D eigenvalue weighted by Gasteiger charge is 2.31. The van der Waals surface area contributed by atoms with Crippen molar-refractivity contribution in [2.75, 3.05) is 12.4 Å². The van der Waals surface area contributed by atoms with E-state index in [-0.39, 0.29) is 6.42 Å². The van der Waals surface area contributed by atoms with E-state index < -0.39 is 29.7 Å². The number of hydrogen-bond acceptors (Lipinski definition) is 6. The number of thiophene rings is 1. The first-order valence-electron chi connectivity index (χ1n) is 7.85. The van der Waals surface area contributed by atoms with Crippen molar-refractivity contribution >= 4 is 34.2 Å². The molecule has 0 fully saturated rings. The predicted octanol–water partition coefficient (Wildman–Crippen LogP) is 1.76. The fourth-order valence-electron chi connectivity index (χ4n) is 2.74. The summed E-state index contributed by atoms with van der Waals surface area (Å²) >= 11 is 1.32. The summed E-state index contributed by atoms with van der Waals surface area (Å²) in [6, 6.07) is 1.71. The SMILES string of the molecule is CCCc1cc(C(=O)OC)c(NC(=O)[C@@H]2CC=CC[C@H]2C(=O)[O-])s1. The van der Waals surface area contributed by atoms with Gasteiger partial charge in [0, 0.05) is 16.8 Å². The van der Waals surface area contributed by atoms with Crippen LogP contribution in [0.2, 0.25) is 0 Å². The normalized spacial score (nSPS) is 19.8. The van der Waals surface area contributed by atoms with Crippen molar-refractivity contribution < 1.29 is 24.2 Å². The summed E-state index contributed by atoms with van der Waals surface area (Å²) in [7, 11) is 1.28. The van der Waals surface area contributed by atoms with Gasteiger partial charge in [-0.15, -0.1) is 11.3 Å². The van der Waals surface area contributed by atoms with Gasteiger partial charge in [0.15, 0.2) is 0 Å². The maximum atomic E-state index is 12.5. The molecule has 130 valence electrons. The number of esters is 1. The molecule has 1 heterocycles. The van der Waals surface area contributed by atoms with Crippen molar-refractivity contribution in [3.05, 3.63) is 28.7 Å². The minimum absolute atomic E-state index is 0.274. The lowest BCUT2D eigenvalue weighted by atomic mass is 9.82. The van der Waals surface area contributed by atoms with Crippen LogP contribution in [0.25, 0.3) is 0 Å². The van der Waals surface area contributed by atoms with Crippen LogP contribution in [-0.4, -0.2) is 25.0 Å². The van der Waals surface area contributed by atoms with E-state index in [9.17, 15) is 19.5 Å². The van der Waals surface area contributed by atoms with Crippen molar-refractivity contribution in [1.82, 2.24) is 0 Å². The zero-order valence-corrected chi connectivity index (χ0v) is 14.5. The Bertz CT molecular complexity index is 664. The fraction of sp³-hybridized carbons (Fsp3) is 0.471. The quantitative estimate of drug-likeness (QED) is 0.623. The van der Waals surface area contributed by atoms with Gasteiger partial charge in [-0.25, -0.2) is 4.79 Å². The van der Waals surface area contributed by atoms with Crippen LogP contribution in [0.4, 0.5) is 5.00 Å². The zero-order chi connectivity index (χ0) is 17.7. The van der Waals surface area contributed by atoms with Crippen LogP contribution in [0.15, 0.2) is 18.2 Å². The second kappa shape index (κ2) is 8.10. The van der Waals surface area contributed by atoms with E-state index in [1.165, 1.54) is 18.4 Å². The first-order valence-corrected chi connectivity index (χ1v) is 8.67. The molecule has 6 nitrogen and oxygen atoms in total. The smallest absolute Gasteiger partial charge is 0.340 e. The molecule has 0 aromatic carbocycles. The number of anilines is 1. The van der Waals surface area contributed by atoms with Crippen LogP contribution in [0, 0.1) is 11.8 Å². The molecular weight excluding hydrogens is 330 g/mol. The first kappa shape index (κ1) is 18.2. The van der Waals surface area contributed by atoms with Crippen molar-refractivity contribution in [2.24, 2.45) is 11.8 Å². The maximum Gasteiger partial charge on any atom is 0.340 e. The molecule has 2 atom stereocenters. The Morgan fingerprint density at radius 3 is 2.54 bits per heavy atom. The highest BCUT2D eigenvalue weighted by molar-refractivity contribution is 7.16. The van der Waals surface area contributed by atoms with Gasteiger partial charge in [0.1, 0.15) is 5.00 Å². The number of hydrogen-bond donors (Lipinski definition) is 1. The van der Waals surface area contributed by atoms with Crippen LogP contribution >= 0.6 is 11.3 Å². The van der Waals surface area contributed by atoms with Crippen LogP contribution in [0.1, 0.15) is 41.4 Å². The molecule has 1 aromatic rings. The molecular formula is C17H20NO5S-. The summed E-state index contributed by atoms with van der Waals surface area (Å²) in [5, 5.41) is 14.4. The number of ether oxygens (including phenoxy) is 1. The largest absolute Gasteiger partial charge is 0.550 e. The zero-order valence-electron chi connectivity index (χ0n) is 13.7. The molecule has 0 spiro atoms. The average Bonchev–Trinajstić information content (AvgIpc) is 2.96. The van der Waals surface area contributed by atoms with E-state index in [1.807, 2.05) is 6.92 Å². The molecule has 1 aliphatic rings. The van der Waals surface area contributed by atoms with Crippen LogP contribution in [0.5, 0.6) is 0 Å². The number of carboxylic acids is 1. The second-order valence-electron chi connectivity index (χ2n) is 5.66. The summed E-state index contributed by atoms with van der Waals surface area (Å²) in [6.07, 6.45) is 5.85. The maximum absolute atomic E-state index is 12.5. The number of carboxylic acid groups (broad SMARTS) is 1. The number of aliphatic carboxylic acids is 1. The van der Waals surface area contributed by atoms with Gasteiger partial charge in [0.25, 0.3) is 0 Å². The highest BCUT2D eigenvalue weighted by Crippen LogP contribution is 2.32. The molecule has 1 aromatic heterocycles. The van der Waals surface area contributed by atoms with E-state index in [0.29, 0.717) is 17.0 Å². The van der Waals surface area contributed by atoms with Crippen molar-refractivity contribution in [3.63, 3.8) is 0 Å². The number of methoxy groups -OCH3 is 1. The van der Waals surface area contributed by atoms with Gasteiger partial charge >= 0.3 is 5.97 Å². The van der Waals surface area contributed by atoms with Crippen LogP contribution in [-0.2, 0) is 20.7 Å². The Morgan fingerprint density at radius 2 is 1.96 bits per heavy atom. The van der Waals surface area contributed by atoms with Gasteiger partial charge in [-0.1, -0.05) is 25.5 Å². The van der Waals surface area contributed by atoms with Crippen LogP contribution in [0.3, 0.4) is 0 Å². The van der Waals surface area contributed by atoms with Crippen molar-refractivity contribution in [3.8, 4) is 0 Å². The van der Waals surface area contributed by atoms with Crippen molar-refractivity contribution in [2.45, 2.75) is 32.6 Å². The Labute approximate surface area is 144 Å². The standard InChI is InChI=1S/C17H21NO5S/c1-3-6-10-9-13(17(22)23-2)15(24-10)18-14(19)11-7-4-5-8-12(11)16(20)21/h4-5,9,11-12H,3,6-8H2,1-2H3,(H,18,19)(H,20,21)/p-1/t11-,12-/m1/s1. The Kier molecular flexibility index (Phi) is 6.14. The van der Waals surface area contributed by atoms with Gasteiger partial charge in [-0.3, -0.25) is 4.79 Å². The topological polar surface area (TPSA) is 95.5 Å². The van der Waals surface area contributed by atoms with Gasteiger partial charge in [-0.2, -0.15) is 0 Å². The Balaban J connectivity index is 2.22. The summed E-state index contributed by atoms with van der Waals surface area (Å²) < 4.78 is 4.76. The van der Waals surface area contributed by atoms with E-state index in [2.05, 4.69) is 5.32 Å². The first-order chi connectivity index (χ1) is 11.5. The molecule has 0 saturated heterocycles. The molecule has 1 amide bonds. The van der Waals surface area contributed by atoms with Gasteiger partial charge in [0.2, 0.25) is 5.91 Å². The molecule has 1 N–H and O–H groups in total. The molecule has 0 bridgehead atoms. The second-order valence-corrected chi connectivity index (χ2v) is 6.80. The molecule has 0 unspecified atom stereocenters. The van der Waals surface area contributed by atoms with Crippen LogP contribution < -0.4 is 10.4 Å². The lowest BCUT2D eigenvalue weighted by Gasteiger charge is -2.28. The third kappa shape index (κ3) is 4.03. The molecule has 0 aliphatic heterocycles. The lowest BCUT2D eigenvalue weighted by Crippen LogP contribution is -2.41. The molecule has 7 heteroatoms. The Morgan fingerprint density at radius 1 is 1.29 bits per heavy atom. The average molecular weight is 350 g/mol. The monoisotopic (exact) mass is 350 g/mol. The lowest BCUT2D eigenvalue weighted by molar-refractivity contribution is -0.313. The number of nitrogens with one attached hydrogen (secondary N) is 1. The number of aryl methyl sites for hydroxylation is 1. The third-order valence-corrected chi connectivity index (χ3v) is 5.10. The summed E-state index contributed by atoms with van der Waals surface area (Å²) in [4.78, 5) is 36.6. The predicted molar refractivity (Wildman–Crippen MR) is 88.6 cm³/mol. The molecule has 2 rings (SSSR count). The summed E-state index contributed by atoms with van der Waals surface area (Å²) in [5.41, 5.74) is 0.302. The minimum atomic E-state index is -1.23. The molecule has 24 heavy (non-hydrogen) atoms.